The van der Waals surface area contributed by atoms with Crippen LogP contribution in [-0.2, 0) is 4.74 Å². The number of rotatable bonds is 1. The maximum Gasteiger partial charge on any atom is 0.339 e. The second kappa shape index (κ2) is 5.68. The van der Waals surface area contributed by atoms with Crippen LogP contribution < -0.4 is 5.32 Å². The van der Waals surface area contributed by atoms with Crippen LogP contribution in [-0.4, -0.2) is 25.4 Å². The molecule has 1 fully saturated rings. The highest BCUT2D eigenvalue weighted by Crippen LogP contribution is 2.45. The lowest BCUT2D eigenvalue weighted by Crippen LogP contribution is -2.33. The van der Waals surface area contributed by atoms with E-state index in [0.717, 1.165) is 22.9 Å². The molecule has 1 saturated carbocycles. The smallest absolute Gasteiger partial charge is 0.339 e. The van der Waals surface area contributed by atoms with Gasteiger partial charge in [-0.3, -0.25) is 0 Å². The zero-order chi connectivity index (χ0) is 14.0. The number of esters is 1. The lowest BCUT2D eigenvalue weighted by molar-refractivity contribution is 0.0597. The molecule has 20 heavy (non-hydrogen) atoms. The molecule has 0 bridgehead atoms. The molecule has 1 aromatic rings. The lowest BCUT2D eigenvalue weighted by atomic mass is 9.75. The maximum absolute atomic E-state index is 11.9. The Bertz CT molecular complexity index is 509. The van der Waals surface area contributed by atoms with E-state index in [2.05, 4.69) is 11.4 Å². The van der Waals surface area contributed by atoms with Crippen LogP contribution in [0, 0.1) is 5.41 Å². The summed E-state index contributed by atoms with van der Waals surface area (Å²) in [5.41, 5.74) is 2.17. The Morgan fingerprint density at radius 2 is 2.10 bits per heavy atom. The summed E-state index contributed by atoms with van der Waals surface area (Å²) in [5, 5.41) is 3.58. The highest BCUT2D eigenvalue weighted by molar-refractivity contribution is 7.99. The van der Waals surface area contributed by atoms with Crippen LogP contribution in [0.5, 0.6) is 0 Å². The fraction of sp³-hybridized carbons (Fsp3) is 0.562. The third-order valence-electron chi connectivity index (χ3n) is 4.51. The van der Waals surface area contributed by atoms with Crippen molar-refractivity contribution < 1.29 is 9.53 Å². The first-order chi connectivity index (χ1) is 9.74. The number of nitrogens with one attached hydrogen (secondary N) is 1. The average Bonchev–Trinajstić information content (AvgIpc) is 2.68. The SMILES string of the molecule is COC(=O)c1cccc2c1SCC1(CCCCC1)CN2. The summed E-state index contributed by atoms with van der Waals surface area (Å²) < 4.78 is 4.90. The lowest BCUT2D eigenvalue weighted by Gasteiger charge is -2.35. The molecule has 4 heteroatoms. The summed E-state index contributed by atoms with van der Waals surface area (Å²) in [6.07, 6.45) is 6.64. The van der Waals surface area contributed by atoms with Gasteiger partial charge in [0.1, 0.15) is 0 Å². The van der Waals surface area contributed by atoms with E-state index in [1.807, 2.05) is 23.9 Å². The van der Waals surface area contributed by atoms with Gasteiger partial charge in [0, 0.05) is 22.9 Å². The fourth-order valence-electron chi connectivity index (χ4n) is 3.28. The molecule has 1 aromatic carbocycles. The summed E-state index contributed by atoms with van der Waals surface area (Å²) in [5.74, 6) is 0.858. The van der Waals surface area contributed by atoms with Crippen LogP contribution in [0.2, 0.25) is 0 Å². The van der Waals surface area contributed by atoms with E-state index < -0.39 is 0 Å². The van der Waals surface area contributed by atoms with Crippen LogP contribution >= 0.6 is 11.8 Å². The van der Waals surface area contributed by atoms with Crippen LogP contribution in [0.15, 0.2) is 23.1 Å². The van der Waals surface area contributed by atoms with Gasteiger partial charge in [0.05, 0.1) is 12.7 Å². The normalized spacial score (nSPS) is 20.6. The van der Waals surface area contributed by atoms with Crippen molar-refractivity contribution in [2.24, 2.45) is 5.41 Å². The summed E-state index contributed by atoms with van der Waals surface area (Å²) in [6, 6.07) is 5.85. The third kappa shape index (κ3) is 2.53. The number of ether oxygens (including phenoxy) is 1. The summed E-state index contributed by atoms with van der Waals surface area (Å²) in [7, 11) is 1.44. The minimum Gasteiger partial charge on any atom is -0.465 e. The van der Waals surface area contributed by atoms with E-state index in [9.17, 15) is 4.79 Å². The van der Waals surface area contributed by atoms with Gasteiger partial charge in [-0.25, -0.2) is 4.79 Å². The highest BCUT2D eigenvalue weighted by atomic mass is 32.2. The molecular weight excluding hydrogens is 270 g/mol. The van der Waals surface area contributed by atoms with Crippen LogP contribution in [0.25, 0.3) is 0 Å². The Labute approximate surface area is 124 Å². The molecule has 1 heterocycles. The maximum atomic E-state index is 11.9. The van der Waals surface area contributed by atoms with E-state index in [0.29, 0.717) is 11.0 Å². The minimum atomic E-state index is -0.240. The van der Waals surface area contributed by atoms with E-state index >= 15 is 0 Å². The molecule has 3 nitrogen and oxygen atoms in total. The second-order valence-corrected chi connectivity index (χ2v) is 6.86. The molecule has 0 amide bonds. The zero-order valence-electron chi connectivity index (χ0n) is 11.9. The molecule has 0 radical (unpaired) electrons. The van der Waals surface area contributed by atoms with Crippen molar-refractivity contribution >= 4 is 23.4 Å². The molecule has 0 aromatic heterocycles. The summed E-state index contributed by atoms with van der Waals surface area (Å²) in [6.45, 7) is 1.03. The number of hydrogen-bond acceptors (Lipinski definition) is 4. The van der Waals surface area contributed by atoms with Crippen LogP contribution in [0.1, 0.15) is 42.5 Å². The molecule has 108 valence electrons. The molecule has 3 rings (SSSR count). The first kappa shape index (κ1) is 13.8. The Balaban J connectivity index is 1.88. The molecule has 0 saturated heterocycles. The first-order valence-electron chi connectivity index (χ1n) is 7.32. The van der Waals surface area contributed by atoms with Crippen molar-refractivity contribution in [1.29, 1.82) is 0 Å². The number of thioether (sulfide) groups is 1. The van der Waals surface area contributed by atoms with Crippen molar-refractivity contribution in [3.8, 4) is 0 Å². The summed E-state index contributed by atoms with van der Waals surface area (Å²) >= 11 is 1.82. The number of anilines is 1. The molecule has 1 aliphatic heterocycles. The Hall–Kier alpha value is -1.16. The molecule has 1 N–H and O–H groups in total. The monoisotopic (exact) mass is 291 g/mol. The Morgan fingerprint density at radius 1 is 1.30 bits per heavy atom. The number of carbonyl (C=O) groups excluding carboxylic acids is 1. The molecule has 0 unspecified atom stereocenters. The number of benzene rings is 1. The molecule has 0 atom stereocenters. The van der Waals surface area contributed by atoms with Gasteiger partial charge in [-0.2, -0.15) is 0 Å². The zero-order valence-corrected chi connectivity index (χ0v) is 12.7. The van der Waals surface area contributed by atoms with Gasteiger partial charge in [0.2, 0.25) is 0 Å². The van der Waals surface area contributed by atoms with Crippen LogP contribution in [0.3, 0.4) is 0 Å². The van der Waals surface area contributed by atoms with Crippen molar-refractivity contribution in [2.75, 3.05) is 24.7 Å². The largest absolute Gasteiger partial charge is 0.465 e. The van der Waals surface area contributed by atoms with Gasteiger partial charge in [0.25, 0.3) is 0 Å². The van der Waals surface area contributed by atoms with Crippen molar-refractivity contribution in [1.82, 2.24) is 0 Å². The van der Waals surface area contributed by atoms with Gasteiger partial charge >= 0.3 is 5.97 Å². The second-order valence-electron chi connectivity index (χ2n) is 5.88. The number of carbonyl (C=O) groups is 1. The van der Waals surface area contributed by atoms with Gasteiger partial charge < -0.3 is 10.1 Å². The van der Waals surface area contributed by atoms with Crippen molar-refractivity contribution in [2.45, 2.75) is 37.0 Å². The molecule has 1 aliphatic carbocycles. The molecular formula is C16H21NO2S. The van der Waals surface area contributed by atoms with E-state index in [1.165, 1.54) is 39.2 Å². The highest BCUT2D eigenvalue weighted by Gasteiger charge is 2.35. The van der Waals surface area contributed by atoms with E-state index in [-0.39, 0.29) is 5.97 Å². The number of fused-ring (bicyclic) bond motifs is 1. The Morgan fingerprint density at radius 3 is 2.85 bits per heavy atom. The standard InChI is InChI=1S/C16H21NO2S/c1-19-15(18)12-6-5-7-13-14(12)20-11-16(10-17-13)8-3-2-4-9-16/h5-7,17H,2-4,8-11H2,1H3. The average molecular weight is 291 g/mol. The minimum absolute atomic E-state index is 0.240. The fourth-order valence-corrected chi connectivity index (χ4v) is 4.73. The van der Waals surface area contributed by atoms with Crippen molar-refractivity contribution in [3.05, 3.63) is 23.8 Å². The van der Waals surface area contributed by atoms with E-state index in [1.54, 1.807) is 0 Å². The van der Waals surface area contributed by atoms with Gasteiger partial charge in [-0.1, -0.05) is 25.3 Å². The molecule has 2 aliphatic rings. The topological polar surface area (TPSA) is 38.3 Å². The third-order valence-corrected chi connectivity index (χ3v) is 6.00. The Kier molecular flexibility index (Phi) is 3.92. The first-order valence-corrected chi connectivity index (χ1v) is 8.31. The summed E-state index contributed by atoms with van der Waals surface area (Å²) in [4.78, 5) is 13.0. The van der Waals surface area contributed by atoms with Gasteiger partial charge in [-0.15, -0.1) is 11.8 Å². The number of hydrogen-bond donors (Lipinski definition) is 1. The predicted molar refractivity (Wildman–Crippen MR) is 82.5 cm³/mol. The molecule has 1 spiro atoms. The van der Waals surface area contributed by atoms with E-state index in [4.69, 9.17) is 4.74 Å². The van der Waals surface area contributed by atoms with Crippen LogP contribution in [0.4, 0.5) is 5.69 Å². The quantitative estimate of drug-likeness (QED) is 0.795. The van der Waals surface area contributed by atoms with Gasteiger partial charge in [0.15, 0.2) is 0 Å². The van der Waals surface area contributed by atoms with Crippen molar-refractivity contribution in [3.63, 3.8) is 0 Å². The number of methoxy groups -OCH3 is 1. The predicted octanol–water partition coefficient (Wildman–Crippen LogP) is 3.94. The van der Waals surface area contributed by atoms with Gasteiger partial charge in [-0.05, 0) is 30.4 Å².